The van der Waals surface area contributed by atoms with Gasteiger partial charge in [0.2, 0.25) is 5.91 Å². The molecule has 0 bridgehead atoms. The SMILES string of the molecule is COCc1nc2n(n1)CCCC2NC(=O)C(Cc1ccccc1)C(C)C. The topological polar surface area (TPSA) is 69.0 Å². The molecular formula is C20H28N4O2. The van der Waals surface area contributed by atoms with Crippen LogP contribution in [0.2, 0.25) is 0 Å². The van der Waals surface area contributed by atoms with Crippen molar-refractivity contribution in [1.29, 1.82) is 0 Å². The average molecular weight is 356 g/mol. The number of fused-ring (bicyclic) bond motifs is 1. The molecule has 2 heterocycles. The van der Waals surface area contributed by atoms with Crippen molar-refractivity contribution in [3.8, 4) is 0 Å². The highest BCUT2D eigenvalue weighted by molar-refractivity contribution is 5.79. The van der Waals surface area contributed by atoms with Crippen molar-refractivity contribution in [1.82, 2.24) is 20.1 Å². The first kappa shape index (κ1) is 18.6. The van der Waals surface area contributed by atoms with E-state index in [1.807, 2.05) is 22.9 Å². The fourth-order valence-corrected chi connectivity index (χ4v) is 3.50. The van der Waals surface area contributed by atoms with Crippen LogP contribution in [-0.4, -0.2) is 27.8 Å². The zero-order valence-electron chi connectivity index (χ0n) is 15.8. The third-order valence-electron chi connectivity index (χ3n) is 4.95. The molecule has 6 heteroatoms. The normalized spacial score (nSPS) is 17.8. The Morgan fingerprint density at radius 3 is 2.81 bits per heavy atom. The summed E-state index contributed by atoms with van der Waals surface area (Å²) in [7, 11) is 1.64. The van der Waals surface area contributed by atoms with Crippen molar-refractivity contribution < 1.29 is 9.53 Å². The maximum atomic E-state index is 13.0. The molecule has 0 saturated heterocycles. The lowest BCUT2D eigenvalue weighted by atomic mass is 9.88. The van der Waals surface area contributed by atoms with E-state index >= 15 is 0 Å². The minimum absolute atomic E-state index is 0.0610. The molecule has 1 aliphatic rings. The zero-order chi connectivity index (χ0) is 18.5. The summed E-state index contributed by atoms with van der Waals surface area (Å²) in [5, 5.41) is 7.70. The number of rotatable bonds is 7. The lowest BCUT2D eigenvalue weighted by molar-refractivity contribution is -0.127. The van der Waals surface area contributed by atoms with Crippen LogP contribution in [0.4, 0.5) is 0 Å². The summed E-state index contributed by atoms with van der Waals surface area (Å²) >= 11 is 0. The Morgan fingerprint density at radius 2 is 2.12 bits per heavy atom. The number of hydrogen-bond acceptors (Lipinski definition) is 4. The highest BCUT2D eigenvalue weighted by atomic mass is 16.5. The van der Waals surface area contributed by atoms with Crippen molar-refractivity contribution in [2.45, 2.75) is 52.3 Å². The number of nitrogens with zero attached hydrogens (tertiary/aromatic N) is 3. The number of hydrogen-bond donors (Lipinski definition) is 1. The number of methoxy groups -OCH3 is 1. The van der Waals surface area contributed by atoms with Crippen molar-refractivity contribution >= 4 is 5.91 Å². The Labute approximate surface area is 155 Å². The second-order valence-electron chi connectivity index (χ2n) is 7.29. The van der Waals surface area contributed by atoms with E-state index in [1.165, 1.54) is 5.56 Å². The molecule has 6 nitrogen and oxygen atoms in total. The summed E-state index contributed by atoms with van der Waals surface area (Å²) < 4.78 is 7.04. The predicted octanol–water partition coefficient (Wildman–Crippen LogP) is 2.89. The van der Waals surface area contributed by atoms with E-state index in [4.69, 9.17) is 4.74 Å². The molecular weight excluding hydrogens is 328 g/mol. The largest absolute Gasteiger partial charge is 0.377 e. The van der Waals surface area contributed by atoms with Crippen molar-refractivity contribution in [2.24, 2.45) is 11.8 Å². The van der Waals surface area contributed by atoms with Crippen LogP contribution in [0.5, 0.6) is 0 Å². The molecule has 1 amide bonds. The van der Waals surface area contributed by atoms with Crippen LogP contribution in [0.15, 0.2) is 30.3 Å². The summed E-state index contributed by atoms with van der Waals surface area (Å²) in [6.07, 6.45) is 2.63. The van der Waals surface area contributed by atoms with E-state index in [1.54, 1.807) is 7.11 Å². The van der Waals surface area contributed by atoms with E-state index in [2.05, 4.69) is 41.4 Å². The lowest BCUT2D eigenvalue weighted by Gasteiger charge is -2.27. The zero-order valence-corrected chi connectivity index (χ0v) is 15.8. The summed E-state index contributed by atoms with van der Waals surface area (Å²) in [5.41, 5.74) is 1.19. The Bertz CT molecular complexity index is 727. The highest BCUT2D eigenvalue weighted by Crippen LogP contribution is 2.25. The molecule has 0 aliphatic carbocycles. The summed E-state index contributed by atoms with van der Waals surface area (Å²) in [6, 6.07) is 10.1. The molecule has 1 N–H and O–H groups in total. The van der Waals surface area contributed by atoms with Crippen LogP contribution in [0, 0.1) is 11.8 Å². The van der Waals surface area contributed by atoms with E-state index in [-0.39, 0.29) is 23.8 Å². The number of benzene rings is 1. The molecule has 26 heavy (non-hydrogen) atoms. The molecule has 0 radical (unpaired) electrons. The number of carbonyl (C=O) groups is 1. The molecule has 2 aromatic rings. The summed E-state index contributed by atoms with van der Waals surface area (Å²) in [6.45, 7) is 5.44. The number of ether oxygens (including phenoxy) is 1. The quantitative estimate of drug-likeness (QED) is 0.828. The average Bonchev–Trinajstić information content (AvgIpc) is 3.04. The van der Waals surface area contributed by atoms with Gasteiger partial charge in [-0.05, 0) is 30.7 Å². The van der Waals surface area contributed by atoms with Crippen molar-refractivity contribution in [2.75, 3.05) is 7.11 Å². The molecule has 0 spiro atoms. The van der Waals surface area contributed by atoms with Crippen LogP contribution < -0.4 is 5.32 Å². The maximum Gasteiger partial charge on any atom is 0.224 e. The van der Waals surface area contributed by atoms with Crippen LogP contribution >= 0.6 is 0 Å². The van der Waals surface area contributed by atoms with E-state index in [0.29, 0.717) is 12.4 Å². The predicted molar refractivity (Wildman–Crippen MR) is 99.3 cm³/mol. The van der Waals surface area contributed by atoms with E-state index < -0.39 is 0 Å². The molecule has 140 valence electrons. The van der Waals surface area contributed by atoms with E-state index in [0.717, 1.165) is 31.6 Å². The first-order valence-corrected chi connectivity index (χ1v) is 9.35. The minimum Gasteiger partial charge on any atom is -0.377 e. The molecule has 2 unspecified atom stereocenters. The summed E-state index contributed by atoms with van der Waals surface area (Å²) in [5.74, 6) is 1.82. The van der Waals surface area contributed by atoms with Crippen LogP contribution in [0.25, 0.3) is 0 Å². The van der Waals surface area contributed by atoms with Gasteiger partial charge in [-0.15, -0.1) is 0 Å². The number of amides is 1. The first-order chi connectivity index (χ1) is 12.6. The lowest BCUT2D eigenvalue weighted by Crippen LogP contribution is -2.39. The highest BCUT2D eigenvalue weighted by Gasteiger charge is 2.29. The number of aromatic nitrogens is 3. The van der Waals surface area contributed by atoms with Gasteiger partial charge in [-0.1, -0.05) is 44.2 Å². The van der Waals surface area contributed by atoms with Crippen molar-refractivity contribution in [3.63, 3.8) is 0 Å². The third kappa shape index (κ3) is 4.30. The Morgan fingerprint density at radius 1 is 1.35 bits per heavy atom. The van der Waals surface area contributed by atoms with Crippen LogP contribution in [0.3, 0.4) is 0 Å². The smallest absolute Gasteiger partial charge is 0.224 e. The Balaban J connectivity index is 1.72. The van der Waals surface area contributed by atoms with E-state index in [9.17, 15) is 4.79 Å². The van der Waals surface area contributed by atoms with Gasteiger partial charge in [0, 0.05) is 19.6 Å². The standard InChI is InChI=1S/C20H28N4O2/c1-14(2)16(12-15-8-5-4-6-9-15)20(25)21-17-10-7-11-24-19(17)22-18(23-24)13-26-3/h4-6,8-9,14,16-17H,7,10-13H2,1-3H3,(H,21,25). The molecule has 3 rings (SSSR count). The second kappa shape index (κ2) is 8.45. The van der Waals surface area contributed by atoms with Gasteiger partial charge >= 0.3 is 0 Å². The molecule has 2 atom stereocenters. The van der Waals surface area contributed by atoms with Crippen LogP contribution in [-0.2, 0) is 29.1 Å². The van der Waals surface area contributed by atoms with Gasteiger partial charge in [-0.2, -0.15) is 5.10 Å². The minimum atomic E-state index is -0.0774. The maximum absolute atomic E-state index is 13.0. The van der Waals surface area contributed by atoms with Gasteiger partial charge in [0.15, 0.2) is 5.82 Å². The van der Waals surface area contributed by atoms with Gasteiger partial charge in [-0.25, -0.2) is 9.67 Å². The second-order valence-corrected chi connectivity index (χ2v) is 7.29. The Hall–Kier alpha value is -2.21. The third-order valence-corrected chi connectivity index (χ3v) is 4.95. The number of aryl methyl sites for hydroxylation is 1. The molecule has 1 aliphatic heterocycles. The molecule has 0 saturated carbocycles. The Kier molecular flexibility index (Phi) is 6.04. The monoisotopic (exact) mass is 356 g/mol. The molecule has 1 aromatic heterocycles. The van der Waals surface area contributed by atoms with Gasteiger partial charge in [0.25, 0.3) is 0 Å². The van der Waals surface area contributed by atoms with Crippen molar-refractivity contribution in [3.05, 3.63) is 47.5 Å². The molecule has 1 aromatic carbocycles. The first-order valence-electron chi connectivity index (χ1n) is 9.35. The summed E-state index contributed by atoms with van der Waals surface area (Å²) in [4.78, 5) is 17.6. The fraction of sp³-hybridized carbons (Fsp3) is 0.550. The molecule has 0 fully saturated rings. The number of nitrogens with one attached hydrogen (secondary N) is 1. The fourth-order valence-electron chi connectivity index (χ4n) is 3.50. The van der Waals surface area contributed by atoms with Gasteiger partial charge in [0.05, 0.1) is 6.04 Å². The number of carbonyl (C=O) groups excluding carboxylic acids is 1. The van der Waals surface area contributed by atoms with Crippen LogP contribution in [0.1, 0.15) is 49.9 Å². The van der Waals surface area contributed by atoms with Gasteiger partial charge < -0.3 is 10.1 Å². The van der Waals surface area contributed by atoms with Gasteiger partial charge in [0.1, 0.15) is 12.4 Å². The van der Waals surface area contributed by atoms with Gasteiger partial charge in [-0.3, -0.25) is 4.79 Å².